The van der Waals surface area contributed by atoms with Crippen molar-refractivity contribution in [3.8, 4) is 0 Å². The van der Waals surface area contributed by atoms with Crippen molar-refractivity contribution in [2.24, 2.45) is 5.41 Å². The minimum absolute atomic E-state index is 0.136. The van der Waals surface area contributed by atoms with E-state index in [2.05, 4.69) is 31.4 Å². The van der Waals surface area contributed by atoms with Crippen molar-refractivity contribution in [1.82, 2.24) is 10.6 Å². The first-order chi connectivity index (χ1) is 6.52. The molecule has 0 aliphatic heterocycles. The van der Waals surface area contributed by atoms with Gasteiger partial charge in [-0.1, -0.05) is 27.2 Å². The van der Waals surface area contributed by atoms with Crippen LogP contribution in [0.3, 0.4) is 0 Å². The average molecular weight is 200 g/mol. The van der Waals surface area contributed by atoms with E-state index in [-0.39, 0.29) is 11.3 Å². The normalized spacial score (nSPS) is 11.4. The van der Waals surface area contributed by atoms with Gasteiger partial charge in [0.2, 0.25) is 5.91 Å². The Morgan fingerprint density at radius 1 is 1.29 bits per heavy atom. The van der Waals surface area contributed by atoms with Crippen molar-refractivity contribution >= 4 is 5.91 Å². The van der Waals surface area contributed by atoms with Crippen molar-refractivity contribution < 1.29 is 4.79 Å². The molecule has 0 unspecified atom stereocenters. The van der Waals surface area contributed by atoms with E-state index in [4.69, 9.17) is 0 Å². The van der Waals surface area contributed by atoms with Gasteiger partial charge in [-0.2, -0.15) is 0 Å². The minimum Gasteiger partial charge on any atom is -0.356 e. The Morgan fingerprint density at radius 3 is 2.43 bits per heavy atom. The molecular weight excluding hydrogens is 176 g/mol. The minimum atomic E-state index is 0.136. The van der Waals surface area contributed by atoms with E-state index in [0.717, 1.165) is 25.9 Å². The maximum absolute atomic E-state index is 11.3. The van der Waals surface area contributed by atoms with Gasteiger partial charge in [-0.25, -0.2) is 0 Å². The lowest BCUT2D eigenvalue weighted by Gasteiger charge is -2.24. The van der Waals surface area contributed by atoms with Gasteiger partial charge in [0.25, 0.3) is 0 Å². The van der Waals surface area contributed by atoms with Gasteiger partial charge in [-0.05, 0) is 18.9 Å². The molecule has 0 aromatic heterocycles. The van der Waals surface area contributed by atoms with Gasteiger partial charge in [0.05, 0.1) is 0 Å². The zero-order chi connectivity index (χ0) is 11.0. The first-order valence-electron chi connectivity index (χ1n) is 5.43. The van der Waals surface area contributed by atoms with Crippen LogP contribution in [0, 0.1) is 5.41 Å². The van der Waals surface area contributed by atoms with Crippen LogP contribution in [0.25, 0.3) is 0 Å². The molecule has 0 bridgehead atoms. The summed E-state index contributed by atoms with van der Waals surface area (Å²) in [6.45, 7) is 8.04. The van der Waals surface area contributed by atoms with E-state index in [1.54, 1.807) is 0 Å². The molecular formula is C11H24N2O. The molecule has 2 N–H and O–H groups in total. The lowest BCUT2D eigenvalue weighted by Crippen LogP contribution is -2.39. The number of hydrogen-bond donors (Lipinski definition) is 2. The highest BCUT2D eigenvalue weighted by atomic mass is 16.1. The molecule has 0 saturated carbocycles. The third-order valence-corrected chi connectivity index (χ3v) is 2.18. The molecule has 0 heterocycles. The summed E-state index contributed by atoms with van der Waals surface area (Å²) in [6, 6.07) is 0. The first-order valence-corrected chi connectivity index (χ1v) is 5.43. The second-order valence-corrected chi connectivity index (χ2v) is 4.57. The lowest BCUT2D eigenvalue weighted by atomic mass is 9.93. The molecule has 3 nitrogen and oxygen atoms in total. The molecule has 14 heavy (non-hydrogen) atoms. The van der Waals surface area contributed by atoms with Crippen LogP contribution >= 0.6 is 0 Å². The predicted molar refractivity (Wildman–Crippen MR) is 60.2 cm³/mol. The second kappa shape index (κ2) is 6.82. The standard InChI is InChI=1S/C11H24N2O/c1-5-6-7-10(14)13-9-11(2,3)8-12-4/h12H,5-9H2,1-4H3,(H,13,14). The van der Waals surface area contributed by atoms with Crippen LogP contribution in [0.1, 0.15) is 40.0 Å². The molecule has 0 radical (unpaired) electrons. The Balaban J connectivity index is 3.64. The van der Waals surface area contributed by atoms with E-state index >= 15 is 0 Å². The number of rotatable bonds is 7. The molecule has 1 amide bonds. The summed E-state index contributed by atoms with van der Waals surface area (Å²) in [5.74, 6) is 0.177. The summed E-state index contributed by atoms with van der Waals surface area (Å²) in [6.07, 6.45) is 2.72. The fourth-order valence-electron chi connectivity index (χ4n) is 1.30. The van der Waals surface area contributed by atoms with Gasteiger partial charge in [0.1, 0.15) is 0 Å². The van der Waals surface area contributed by atoms with Crippen molar-refractivity contribution in [3.63, 3.8) is 0 Å². The quantitative estimate of drug-likeness (QED) is 0.654. The van der Waals surface area contributed by atoms with Gasteiger partial charge >= 0.3 is 0 Å². The molecule has 0 saturated heterocycles. The Kier molecular flexibility index (Phi) is 6.54. The summed E-state index contributed by atoms with van der Waals surface area (Å²) in [7, 11) is 1.93. The number of hydrogen-bond acceptors (Lipinski definition) is 2. The van der Waals surface area contributed by atoms with Crippen LogP contribution in [-0.4, -0.2) is 26.0 Å². The Hall–Kier alpha value is -0.570. The zero-order valence-corrected chi connectivity index (χ0v) is 9.94. The zero-order valence-electron chi connectivity index (χ0n) is 9.94. The molecule has 0 spiro atoms. The van der Waals surface area contributed by atoms with Crippen LogP contribution in [0.2, 0.25) is 0 Å². The Bertz CT molecular complexity index is 167. The number of unbranched alkanes of at least 4 members (excludes halogenated alkanes) is 1. The van der Waals surface area contributed by atoms with Gasteiger partial charge in [-0.3, -0.25) is 4.79 Å². The molecule has 0 rings (SSSR count). The Labute approximate surface area is 87.6 Å². The average Bonchev–Trinajstić information content (AvgIpc) is 2.11. The highest BCUT2D eigenvalue weighted by molar-refractivity contribution is 5.75. The van der Waals surface area contributed by atoms with Crippen molar-refractivity contribution in [3.05, 3.63) is 0 Å². The molecule has 84 valence electrons. The maximum Gasteiger partial charge on any atom is 0.220 e. The van der Waals surface area contributed by atoms with E-state index in [1.807, 2.05) is 7.05 Å². The summed E-state index contributed by atoms with van der Waals surface area (Å²) in [5, 5.41) is 6.09. The topological polar surface area (TPSA) is 41.1 Å². The molecule has 0 aliphatic rings. The predicted octanol–water partition coefficient (Wildman–Crippen LogP) is 1.54. The van der Waals surface area contributed by atoms with Crippen LogP contribution in [0.15, 0.2) is 0 Å². The number of amides is 1. The van der Waals surface area contributed by atoms with E-state index in [9.17, 15) is 4.79 Å². The molecule has 0 aromatic rings. The number of carbonyl (C=O) groups excluding carboxylic acids is 1. The van der Waals surface area contributed by atoms with Crippen molar-refractivity contribution in [2.75, 3.05) is 20.1 Å². The van der Waals surface area contributed by atoms with Gasteiger partial charge in [0, 0.05) is 19.5 Å². The number of nitrogens with one attached hydrogen (secondary N) is 2. The third kappa shape index (κ3) is 6.89. The highest BCUT2D eigenvalue weighted by Crippen LogP contribution is 2.11. The van der Waals surface area contributed by atoms with Crippen LogP contribution in [0.5, 0.6) is 0 Å². The van der Waals surface area contributed by atoms with Gasteiger partial charge in [-0.15, -0.1) is 0 Å². The third-order valence-electron chi connectivity index (χ3n) is 2.18. The van der Waals surface area contributed by atoms with Crippen LogP contribution in [-0.2, 0) is 4.79 Å². The molecule has 0 fully saturated rings. The lowest BCUT2D eigenvalue weighted by molar-refractivity contribution is -0.121. The fraction of sp³-hybridized carbons (Fsp3) is 0.909. The summed E-state index contributed by atoms with van der Waals surface area (Å²) >= 11 is 0. The van der Waals surface area contributed by atoms with E-state index < -0.39 is 0 Å². The molecule has 0 aromatic carbocycles. The first kappa shape index (κ1) is 13.4. The van der Waals surface area contributed by atoms with Crippen LogP contribution < -0.4 is 10.6 Å². The molecule has 0 atom stereocenters. The smallest absolute Gasteiger partial charge is 0.220 e. The number of carbonyl (C=O) groups is 1. The van der Waals surface area contributed by atoms with E-state index in [1.165, 1.54) is 0 Å². The van der Waals surface area contributed by atoms with Gasteiger partial charge < -0.3 is 10.6 Å². The summed E-state index contributed by atoms with van der Waals surface area (Å²) in [4.78, 5) is 11.3. The maximum atomic E-state index is 11.3. The second-order valence-electron chi connectivity index (χ2n) is 4.57. The Morgan fingerprint density at radius 2 is 1.93 bits per heavy atom. The largest absolute Gasteiger partial charge is 0.356 e. The molecule has 0 aliphatic carbocycles. The highest BCUT2D eigenvalue weighted by Gasteiger charge is 2.17. The SMILES string of the molecule is CCCCC(=O)NCC(C)(C)CNC. The fourth-order valence-corrected chi connectivity index (χ4v) is 1.30. The van der Waals surface area contributed by atoms with E-state index in [0.29, 0.717) is 6.42 Å². The molecule has 3 heteroatoms. The van der Waals surface area contributed by atoms with Crippen molar-refractivity contribution in [2.45, 2.75) is 40.0 Å². The van der Waals surface area contributed by atoms with Crippen molar-refractivity contribution in [1.29, 1.82) is 0 Å². The summed E-state index contributed by atoms with van der Waals surface area (Å²) < 4.78 is 0. The monoisotopic (exact) mass is 200 g/mol. The summed E-state index contributed by atoms with van der Waals surface area (Å²) in [5.41, 5.74) is 0.136. The van der Waals surface area contributed by atoms with Crippen LogP contribution in [0.4, 0.5) is 0 Å². The van der Waals surface area contributed by atoms with Gasteiger partial charge in [0.15, 0.2) is 0 Å².